The number of anilines is 1. The quantitative estimate of drug-likeness (QED) is 0.441. The minimum Gasteiger partial charge on any atom is -0.489 e. The van der Waals surface area contributed by atoms with Crippen LogP contribution in [0.5, 0.6) is 5.75 Å². The Hall–Kier alpha value is -3.61. The molecule has 2 aromatic carbocycles. The molecule has 0 bridgehead atoms. The van der Waals surface area contributed by atoms with Gasteiger partial charge in [0.05, 0.1) is 11.8 Å². The molecule has 174 valence electrons. The normalized spacial score (nSPS) is 11.0. The molecule has 7 heteroatoms. The van der Waals surface area contributed by atoms with Gasteiger partial charge >= 0.3 is 5.97 Å². The molecule has 1 aromatic heterocycles. The number of nitrogens with one attached hydrogen (secondary N) is 1. The summed E-state index contributed by atoms with van der Waals surface area (Å²) < 4.78 is 12.7. The molecule has 3 rings (SSSR count). The van der Waals surface area contributed by atoms with E-state index in [4.69, 9.17) is 9.47 Å². The summed E-state index contributed by atoms with van der Waals surface area (Å²) in [5, 5.41) is 7.02. The fourth-order valence-corrected chi connectivity index (χ4v) is 3.21. The maximum atomic E-state index is 12.9. The SMILES string of the molecule is CCn1cc(NC(=O)c2cccc(COc3ccc(C(C)C)cc3)c2)c(C(=O)OC(C)C)n1. The van der Waals surface area contributed by atoms with E-state index in [1.165, 1.54) is 5.56 Å². The Kier molecular flexibility index (Phi) is 7.87. The van der Waals surface area contributed by atoms with Gasteiger partial charge in [0, 0.05) is 18.3 Å². The van der Waals surface area contributed by atoms with Crippen molar-refractivity contribution in [2.24, 2.45) is 0 Å². The predicted molar refractivity (Wildman–Crippen MR) is 128 cm³/mol. The van der Waals surface area contributed by atoms with Gasteiger partial charge in [0.2, 0.25) is 0 Å². The Bertz CT molecular complexity index is 1100. The molecule has 0 atom stereocenters. The number of nitrogens with zero attached hydrogens (tertiary/aromatic N) is 2. The number of esters is 1. The Labute approximate surface area is 194 Å². The van der Waals surface area contributed by atoms with Crippen molar-refractivity contribution in [1.29, 1.82) is 0 Å². The molecule has 7 nitrogen and oxygen atoms in total. The first-order chi connectivity index (χ1) is 15.8. The van der Waals surface area contributed by atoms with Crippen molar-refractivity contribution < 1.29 is 19.1 Å². The lowest BCUT2D eigenvalue weighted by atomic mass is 10.0. The van der Waals surface area contributed by atoms with Gasteiger partial charge in [0.15, 0.2) is 5.69 Å². The highest BCUT2D eigenvalue weighted by atomic mass is 16.5. The molecule has 0 fully saturated rings. The minimum atomic E-state index is -0.571. The van der Waals surface area contributed by atoms with Gasteiger partial charge in [-0.25, -0.2) is 4.79 Å². The molecule has 1 N–H and O–H groups in total. The molecule has 3 aromatic rings. The highest BCUT2D eigenvalue weighted by molar-refractivity contribution is 6.07. The van der Waals surface area contributed by atoms with Gasteiger partial charge in [-0.1, -0.05) is 38.1 Å². The van der Waals surface area contributed by atoms with Crippen LogP contribution in [0.3, 0.4) is 0 Å². The molecule has 0 radical (unpaired) electrons. The van der Waals surface area contributed by atoms with E-state index in [-0.39, 0.29) is 17.7 Å². The zero-order chi connectivity index (χ0) is 24.0. The summed E-state index contributed by atoms with van der Waals surface area (Å²) in [6, 6.07) is 15.2. The van der Waals surface area contributed by atoms with Crippen molar-refractivity contribution in [3.05, 3.63) is 77.1 Å². The van der Waals surface area contributed by atoms with E-state index in [0.717, 1.165) is 11.3 Å². The number of rotatable bonds is 9. The Balaban J connectivity index is 1.69. The number of benzene rings is 2. The zero-order valence-electron chi connectivity index (χ0n) is 19.8. The summed E-state index contributed by atoms with van der Waals surface area (Å²) in [6.45, 7) is 10.6. The van der Waals surface area contributed by atoms with Gasteiger partial charge in [-0.15, -0.1) is 0 Å². The summed E-state index contributed by atoms with van der Waals surface area (Å²) >= 11 is 0. The Morgan fingerprint density at radius 3 is 2.42 bits per heavy atom. The number of amides is 1. The topological polar surface area (TPSA) is 82.5 Å². The van der Waals surface area contributed by atoms with E-state index in [0.29, 0.717) is 30.3 Å². The first kappa shape index (κ1) is 24.0. The Morgan fingerprint density at radius 1 is 1.06 bits per heavy atom. The van der Waals surface area contributed by atoms with Crippen LogP contribution in [-0.2, 0) is 17.9 Å². The van der Waals surface area contributed by atoms with E-state index in [9.17, 15) is 9.59 Å². The molecule has 0 aliphatic carbocycles. The van der Waals surface area contributed by atoms with Crippen molar-refractivity contribution in [2.75, 3.05) is 5.32 Å². The lowest BCUT2D eigenvalue weighted by Crippen LogP contribution is -2.17. The molecule has 0 unspecified atom stereocenters. The number of aryl methyl sites for hydroxylation is 1. The van der Waals surface area contributed by atoms with Crippen molar-refractivity contribution in [2.45, 2.75) is 59.8 Å². The van der Waals surface area contributed by atoms with Gasteiger partial charge in [-0.3, -0.25) is 9.48 Å². The number of carbonyl (C=O) groups is 2. The van der Waals surface area contributed by atoms with E-state index in [1.54, 1.807) is 42.9 Å². The van der Waals surface area contributed by atoms with Gasteiger partial charge in [-0.2, -0.15) is 5.10 Å². The van der Waals surface area contributed by atoms with Gasteiger partial charge < -0.3 is 14.8 Å². The van der Waals surface area contributed by atoms with Crippen LogP contribution in [0, 0.1) is 0 Å². The van der Waals surface area contributed by atoms with E-state index in [2.05, 4.69) is 36.4 Å². The average molecular weight is 450 g/mol. The fraction of sp³-hybridized carbons (Fsp3) is 0.346. The summed E-state index contributed by atoms with van der Waals surface area (Å²) in [5.41, 5.74) is 2.98. The predicted octanol–water partition coefficient (Wildman–Crippen LogP) is 5.42. The van der Waals surface area contributed by atoms with Crippen molar-refractivity contribution in [3.63, 3.8) is 0 Å². The van der Waals surface area contributed by atoms with Gasteiger partial charge in [0.25, 0.3) is 5.91 Å². The molecule has 1 amide bonds. The first-order valence-electron chi connectivity index (χ1n) is 11.2. The maximum Gasteiger partial charge on any atom is 0.361 e. The van der Waals surface area contributed by atoms with Crippen LogP contribution >= 0.6 is 0 Å². The first-order valence-corrected chi connectivity index (χ1v) is 11.2. The summed E-state index contributed by atoms with van der Waals surface area (Å²) in [6.07, 6.45) is 1.34. The summed E-state index contributed by atoms with van der Waals surface area (Å²) in [7, 11) is 0. The molecular formula is C26H31N3O4. The number of hydrogen-bond donors (Lipinski definition) is 1. The zero-order valence-corrected chi connectivity index (χ0v) is 19.8. The molecule has 1 heterocycles. The third-order valence-electron chi connectivity index (χ3n) is 5.01. The third-order valence-corrected chi connectivity index (χ3v) is 5.01. The standard InChI is InChI=1S/C26H31N3O4/c1-6-29-15-23(24(28-29)26(31)33-18(4)5)27-25(30)21-9-7-8-19(14-21)16-32-22-12-10-20(11-13-22)17(2)3/h7-15,17-18H,6,16H2,1-5H3,(H,27,30). The molecule has 0 saturated heterocycles. The highest BCUT2D eigenvalue weighted by Gasteiger charge is 2.21. The van der Waals surface area contributed by atoms with Crippen LogP contribution in [0.15, 0.2) is 54.7 Å². The number of carbonyl (C=O) groups excluding carboxylic acids is 2. The molecular weight excluding hydrogens is 418 g/mol. The van der Waals surface area contributed by atoms with Gasteiger partial charge in [-0.05, 0) is 62.1 Å². The maximum absolute atomic E-state index is 12.9. The van der Waals surface area contributed by atoms with Crippen LogP contribution in [0.2, 0.25) is 0 Å². The summed E-state index contributed by atoms with van der Waals surface area (Å²) in [4.78, 5) is 25.3. The second-order valence-corrected chi connectivity index (χ2v) is 8.37. The molecule has 0 spiro atoms. The van der Waals surface area contributed by atoms with Crippen LogP contribution in [0.4, 0.5) is 5.69 Å². The fourth-order valence-electron chi connectivity index (χ4n) is 3.21. The number of ether oxygens (including phenoxy) is 2. The second kappa shape index (κ2) is 10.8. The lowest BCUT2D eigenvalue weighted by molar-refractivity contribution is 0.0371. The highest BCUT2D eigenvalue weighted by Crippen LogP contribution is 2.21. The summed E-state index contributed by atoms with van der Waals surface area (Å²) in [5.74, 6) is 0.325. The second-order valence-electron chi connectivity index (χ2n) is 8.37. The van der Waals surface area contributed by atoms with Crippen molar-refractivity contribution in [3.8, 4) is 5.75 Å². The van der Waals surface area contributed by atoms with Crippen molar-refractivity contribution in [1.82, 2.24) is 9.78 Å². The van der Waals surface area contributed by atoms with Crippen LogP contribution in [0.1, 0.15) is 72.5 Å². The monoisotopic (exact) mass is 449 g/mol. The molecule has 0 aliphatic heterocycles. The molecule has 0 aliphatic rings. The largest absolute Gasteiger partial charge is 0.489 e. The van der Waals surface area contributed by atoms with E-state index >= 15 is 0 Å². The third kappa shape index (κ3) is 6.44. The molecule has 33 heavy (non-hydrogen) atoms. The van der Waals surface area contributed by atoms with Gasteiger partial charge in [0.1, 0.15) is 12.4 Å². The van der Waals surface area contributed by atoms with Crippen molar-refractivity contribution >= 4 is 17.6 Å². The van der Waals surface area contributed by atoms with Crippen LogP contribution in [0.25, 0.3) is 0 Å². The van der Waals surface area contributed by atoms with E-state index < -0.39 is 5.97 Å². The number of aromatic nitrogens is 2. The number of hydrogen-bond acceptors (Lipinski definition) is 5. The van der Waals surface area contributed by atoms with E-state index in [1.807, 2.05) is 25.1 Å². The lowest BCUT2D eigenvalue weighted by Gasteiger charge is -2.10. The Morgan fingerprint density at radius 2 is 1.79 bits per heavy atom. The minimum absolute atomic E-state index is 0.0863. The smallest absolute Gasteiger partial charge is 0.361 e. The average Bonchev–Trinajstić information content (AvgIpc) is 3.20. The van der Waals surface area contributed by atoms with Crippen LogP contribution < -0.4 is 10.1 Å². The van der Waals surface area contributed by atoms with Crippen LogP contribution in [-0.4, -0.2) is 27.8 Å². The molecule has 0 saturated carbocycles.